The van der Waals surface area contributed by atoms with Crippen molar-refractivity contribution in [3.8, 4) is 0 Å². The second-order valence-electron chi connectivity index (χ2n) is 4.02. The highest BCUT2D eigenvalue weighted by molar-refractivity contribution is 6.02. The van der Waals surface area contributed by atoms with Gasteiger partial charge in [0.15, 0.2) is 5.78 Å². The molecule has 0 aliphatic carbocycles. The zero-order valence-electron chi connectivity index (χ0n) is 12.0. The van der Waals surface area contributed by atoms with Gasteiger partial charge < -0.3 is 9.47 Å². The van der Waals surface area contributed by atoms with Gasteiger partial charge in [-0.25, -0.2) is 9.59 Å². The summed E-state index contributed by atoms with van der Waals surface area (Å²) < 4.78 is 9.31. The molecule has 0 saturated heterocycles. The third kappa shape index (κ3) is 4.79. The van der Waals surface area contributed by atoms with E-state index >= 15 is 0 Å². The van der Waals surface area contributed by atoms with Gasteiger partial charge in [-0.2, -0.15) is 10.2 Å². The molecule has 1 aromatic carbocycles. The van der Waals surface area contributed by atoms with Crippen LogP contribution in [-0.2, 0) is 19.1 Å². The molecule has 0 aromatic heterocycles. The molecule has 7 heteroatoms. The van der Waals surface area contributed by atoms with Gasteiger partial charge in [-0.05, 0) is 38.1 Å². The molecule has 0 radical (unpaired) electrons. The SMILES string of the molecule is CCOC(=O)C(N=Nc1ccc(C(=O)OC)cc1)C(C)=O. The van der Waals surface area contributed by atoms with Crippen molar-refractivity contribution < 1.29 is 23.9 Å². The van der Waals surface area contributed by atoms with E-state index in [1.165, 1.54) is 38.3 Å². The molecule has 1 rings (SSSR count). The van der Waals surface area contributed by atoms with Gasteiger partial charge in [0, 0.05) is 0 Å². The Bertz CT molecular complexity index is 551. The third-order valence-corrected chi connectivity index (χ3v) is 2.47. The Morgan fingerprint density at radius 2 is 1.81 bits per heavy atom. The summed E-state index contributed by atoms with van der Waals surface area (Å²) in [7, 11) is 1.28. The molecule has 0 N–H and O–H groups in total. The van der Waals surface area contributed by atoms with Gasteiger partial charge in [-0.1, -0.05) is 0 Å². The number of hydrogen-bond acceptors (Lipinski definition) is 7. The van der Waals surface area contributed by atoms with E-state index in [9.17, 15) is 14.4 Å². The van der Waals surface area contributed by atoms with E-state index in [1.807, 2.05) is 0 Å². The van der Waals surface area contributed by atoms with Crippen LogP contribution in [0.3, 0.4) is 0 Å². The van der Waals surface area contributed by atoms with E-state index in [1.54, 1.807) is 6.92 Å². The van der Waals surface area contributed by atoms with E-state index in [4.69, 9.17) is 4.74 Å². The Labute approximate surface area is 122 Å². The smallest absolute Gasteiger partial charge is 0.340 e. The first-order valence-electron chi connectivity index (χ1n) is 6.26. The molecule has 0 amide bonds. The summed E-state index contributed by atoms with van der Waals surface area (Å²) in [5.74, 6) is -1.66. The number of esters is 2. The number of hydrogen-bond donors (Lipinski definition) is 0. The van der Waals surface area contributed by atoms with E-state index in [0.717, 1.165) is 0 Å². The number of methoxy groups -OCH3 is 1. The van der Waals surface area contributed by atoms with Gasteiger partial charge >= 0.3 is 11.9 Å². The van der Waals surface area contributed by atoms with Crippen molar-refractivity contribution in [2.75, 3.05) is 13.7 Å². The van der Waals surface area contributed by atoms with E-state index < -0.39 is 23.8 Å². The van der Waals surface area contributed by atoms with Crippen molar-refractivity contribution in [2.45, 2.75) is 19.9 Å². The van der Waals surface area contributed by atoms with Gasteiger partial charge in [0.1, 0.15) is 0 Å². The molecule has 0 fully saturated rings. The van der Waals surface area contributed by atoms with Gasteiger partial charge in [-0.15, -0.1) is 0 Å². The normalized spacial score (nSPS) is 12.0. The Kier molecular flexibility index (Phi) is 6.19. The van der Waals surface area contributed by atoms with Crippen LogP contribution in [0.25, 0.3) is 0 Å². The summed E-state index contributed by atoms with van der Waals surface area (Å²) in [4.78, 5) is 34.1. The average Bonchev–Trinajstić information content (AvgIpc) is 2.47. The highest BCUT2D eigenvalue weighted by Crippen LogP contribution is 2.15. The number of azo groups is 1. The van der Waals surface area contributed by atoms with Crippen molar-refractivity contribution >= 4 is 23.4 Å². The lowest BCUT2D eigenvalue weighted by Crippen LogP contribution is -2.28. The molecule has 1 aromatic rings. The highest BCUT2D eigenvalue weighted by atomic mass is 16.5. The lowest BCUT2D eigenvalue weighted by molar-refractivity contribution is -0.147. The highest BCUT2D eigenvalue weighted by Gasteiger charge is 2.24. The summed E-state index contributed by atoms with van der Waals surface area (Å²) in [6, 6.07) is 4.79. The summed E-state index contributed by atoms with van der Waals surface area (Å²) >= 11 is 0. The first kappa shape index (κ1) is 16.5. The molecule has 0 bridgehead atoms. The summed E-state index contributed by atoms with van der Waals surface area (Å²) in [6.07, 6.45) is 0. The summed E-state index contributed by atoms with van der Waals surface area (Å²) in [5, 5.41) is 7.50. The van der Waals surface area contributed by atoms with E-state index in [-0.39, 0.29) is 6.61 Å². The van der Waals surface area contributed by atoms with Crippen molar-refractivity contribution in [1.82, 2.24) is 0 Å². The largest absolute Gasteiger partial charge is 0.465 e. The first-order chi connectivity index (χ1) is 9.99. The number of rotatable bonds is 6. The molecule has 0 spiro atoms. The van der Waals surface area contributed by atoms with Gasteiger partial charge in [-0.3, -0.25) is 4.79 Å². The number of carbonyl (C=O) groups is 3. The zero-order valence-corrected chi connectivity index (χ0v) is 12.0. The Hall–Kier alpha value is -2.57. The standard InChI is InChI=1S/C14H16N2O5/c1-4-21-14(19)12(9(2)17)16-15-11-7-5-10(6-8-11)13(18)20-3/h5-8,12H,4H2,1-3H3. The quantitative estimate of drug-likeness (QED) is 0.454. The average molecular weight is 292 g/mol. The van der Waals surface area contributed by atoms with Crippen LogP contribution in [0.2, 0.25) is 0 Å². The Morgan fingerprint density at radius 3 is 2.29 bits per heavy atom. The van der Waals surface area contributed by atoms with Crippen LogP contribution in [0.4, 0.5) is 5.69 Å². The number of nitrogens with zero attached hydrogens (tertiary/aromatic N) is 2. The van der Waals surface area contributed by atoms with Gasteiger partial charge in [0.2, 0.25) is 6.04 Å². The molecule has 112 valence electrons. The predicted molar refractivity (Wildman–Crippen MR) is 73.4 cm³/mol. The van der Waals surface area contributed by atoms with E-state index in [0.29, 0.717) is 11.3 Å². The molecule has 0 saturated carbocycles. The molecule has 0 aliphatic heterocycles. The fourth-order valence-corrected chi connectivity index (χ4v) is 1.42. The van der Waals surface area contributed by atoms with Crippen LogP contribution >= 0.6 is 0 Å². The molecule has 0 aliphatic rings. The second kappa shape index (κ2) is 7.88. The molecule has 21 heavy (non-hydrogen) atoms. The van der Waals surface area contributed by atoms with E-state index in [2.05, 4.69) is 15.0 Å². The topological polar surface area (TPSA) is 94.4 Å². The number of benzene rings is 1. The maximum atomic E-state index is 11.5. The third-order valence-electron chi connectivity index (χ3n) is 2.47. The van der Waals surface area contributed by atoms with Crippen molar-refractivity contribution in [3.05, 3.63) is 29.8 Å². The lowest BCUT2D eigenvalue weighted by Gasteiger charge is -2.06. The van der Waals surface area contributed by atoms with Crippen LogP contribution in [0.15, 0.2) is 34.5 Å². The molecular formula is C14H16N2O5. The van der Waals surface area contributed by atoms with Crippen LogP contribution in [0, 0.1) is 0 Å². The minimum absolute atomic E-state index is 0.159. The zero-order chi connectivity index (χ0) is 15.8. The van der Waals surface area contributed by atoms with Crippen LogP contribution in [-0.4, -0.2) is 37.5 Å². The van der Waals surface area contributed by atoms with Gasteiger partial charge in [0.25, 0.3) is 0 Å². The maximum absolute atomic E-state index is 11.5. The van der Waals surface area contributed by atoms with Crippen LogP contribution in [0.5, 0.6) is 0 Å². The number of carbonyl (C=O) groups excluding carboxylic acids is 3. The molecular weight excluding hydrogens is 276 g/mol. The monoisotopic (exact) mass is 292 g/mol. The van der Waals surface area contributed by atoms with Crippen molar-refractivity contribution in [1.29, 1.82) is 0 Å². The number of ketones is 1. The lowest BCUT2D eigenvalue weighted by atomic mass is 10.2. The first-order valence-corrected chi connectivity index (χ1v) is 6.26. The summed E-state index contributed by atoms with van der Waals surface area (Å²) in [5.41, 5.74) is 0.767. The maximum Gasteiger partial charge on any atom is 0.340 e. The molecule has 1 atom stereocenters. The second-order valence-corrected chi connectivity index (χ2v) is 4.02. The Balaban J connectivity index is 2.84. The molecule has 1 unspecified atom stereocenters. The number of Topliss-reactive ketones (excluding diaryl/α,β-unsaturated/α-hetero) is 1. The fourth-order valence-electron chi connectivity index (χ4n) is 1.42. The fraction of sp³-hybridized carbons (Fsp3) is 0.357. The summed E-state index contributed by atoms with van der Waals surface area (Å²) in [6.45, 7) is 3.03. The van der Waals surface area contributed by atoms with Crippen molar-refractivity contribution in [2.24, 2.45) is 10.2 Å². The minimum atomic E-state index is -1.27. The molecule has 7 nitrogen and oxygen atoms in total. The Morgan fingerprint density at radius 1 is 1.19 bits per heavy atom. The predicted octanol–water partition coefficient (Wildman–Crippen LogP) is 2.08. The van der Waals surface area contributed by atoms with Crippen molar-refractivity contribution in [3.63, 3.8) is 0 Å². The molecule has 0 heterocycles. The van der Waals surface area contributed by atoms with Crippen LogP contribution < -0.4 is 0 Å². The minimum Gasteiger partial charge on any atom is -0.465 e. The van der Waals surface area contributed by atoms with Gasteiger partial charge in [0.05, 0.1) is 25.0 Å². The number of ether oxygens (including phenoxy) is 2. The van der Waals surface area contributed by atoms with Crippen LogP contribution in [0.1, 0.15) is 24.2 Å².